The molecule has 0 radical (unpaired) electrons. The van der Waals surface area contributed by atoms with E-state index in [0.717, 1.165) is 24.4 Å². The Hall–Kier alpha value is -1.23. The van der Waals surface area contributed by atoms with Crippen molar-refractivity contribution in [1.29, 1.82) is 0 Å². The second kappa shape index (κ2) is 8.04. The second-order valence-corrected chi connectivity index (χ2v) is 5.70. The molecule has 0 aliphatic heterocycles. The molecule has 1 atom stereocenters. The van der Waals surface area contributed by atoms with Crippen LogP contribution in [-0.2, 0) is 6.42 Å². The molecule has 1 aromatic heterocycles. The van der Waals surface area contributed by atoms with E-state index >= 15 is 0 Å². The monoisotopic (exact) mass is 281 g/mol. The first-order valence-corrected chi connectivity index (χ1v) is 7.89. The summed E-state index contributed by atoms with van der Waals surface area (Å²) < 4.78 is 0. The Morgan fingerprint density at radius 1 is 1.47 bits per heavy atom. The maximum Gasteiger partial charge on any atom is 0.251 e. The van der Waals surface area contributed by atoms with Crippen molar-refractivity contribution in [3.05, 3.63) is 23.4 Å². The van der Waals surface area contributed by atoms with Crippen molar-refractivity contribution in [3.63, 3.8) is 0 Å². The summed E-state index contributed by atoms with van der Waals surface area (Å²) in [5.41, 5.74) is 1.60. The molecular formula is C14H23N3OS. The Kier molecular flexibility index (Phi) is 6.70. The highest BCUT2D eigenvalue weighted by Gasteiger charge is 2.09. The second-order valence-electron chi connectivity index (χ2n) is 4.43. The fourth-order valence-electron chi connectivity index (χ4n) is 1.64. The van der Waals surface area contributed by atoms with Gasteiger partial charge in [0.2, 0.25) is 0 Å². The van der Waals surface area contributed by atoms with E-state index < -0.39 is 0 Å². The van der Waals surface area contributed by atoms with Gasteiger partial charge >= 0.3 is 0 Å². The maximum absolute atomic E-state index is 12.1. The van der Waals surface area contributed by atoms with Crippen LogP contribution in [0.3, 0.4) is 0 Å². The summed E-state index contributed by atoms with van der Waals surface area (Å²) >= 11 is 1.81. The van der Waals surface area contributed by atoms with Gasteiger partial charge in [0.05, 0.1) is 0 Å². The molecule has 0 saturated carbocycles. The lowest BCUT2D eigenvalue weighted by molar-refractivity contribution is 0.0953. The number of hydrogen-bond acceptors (Lipinski definition) is 4. The number of carbonyl (C=O) groups excluding carboxylic acids is 1. The summed E-state index contributed by atoms with van der Waals surface area (Å²) in [5, 5.41) is 6.51. The molecule has 1 amide bonds. The minimum absolute atomic E-state index is 0.0260. The van der Waals surface area contributed by atoms with Gasteiger partial charge in [-0.1, -0.05) is 13.8 Å². The lowest BCUT2D eigenvalue weighted by Gasteiger charge is -2.10. The van der Waals surface area contributed by atoms with E-state index in [4.69, 9.17) is 0 Å². The van der Waals surface area contributed by atoms with Crippen LogP contribution in [-0.4, -0.2) is 36.0 Å². The molecule has 2 N–H and O–H groups in total. The van der Waals surface area contributed by atoms with Gasteiger partial charge < -0.3 is 10.6 Å². The predicted octanol–water partition coefficient (Wildman–Crippen LogP) is 2.56. The number of thioether (sulfide) groups is 1. The van der Waals surface area contributed by atoms with Gasteiger partial charge in [0.15, 0.2) is 0 Å². The number of aromatic nitrogens is 1. The van der Waals surface area contributed by atoms with Crippen molar-refractivity contribution in [1.82, 2.24) is 10.3 Å². The number of aryl methyl sites for hydroxylation is 1. The highest BCUT2D eigenvalue weighted by molar-refractivity contribution is 7.99. The van der Waals surface area contributed by atoms with Crippen molar-refractivity contribution in [2.75, 3.05) is 25.2 Å². The normalized spacial score (nSPS) is 12.0. The minimum atomic E-state index is -0.0260. The molecule has 19 heavy (non-hydrogen) atoms. The summed E-state index contributed by atoms with van der Waals surface area (Å²) in [6, 6.07) is 3.64. The van der Waals surface area contributed by atoms with Crippen molar-refractivity contribution in [2.24, 2.45) is 0 Å². The first-order valence-electron chi connectivity index (χ1n) is 6.60. The number of pyridine rings is 1. The molecule has 0 spiro atoms. The Balaban J connectivity index is 2.65. The van der Waals surface area contributed by atoms with Gasteiger partial charge in [0.1, 0.15) is 5.82 Å². The molecule has 0 aliphatic rings. The number of nitrogens with zero attached hydrogens (tertiary/aromatic N) is 1. The van der Waals surface area contributed by atoms with Crippen LogP contribution in [0.5, 0.6) is 0 Å². The number of rotatable bonds is 7. The largest absolute Gasteiger partial charge is 0.373 e. The van der Waals surface area contributed by atoms with Crippen LogP contribution in [0.4, 0.5) is 5.82 Å². The van der Waals surface area contributed by atoms with E-state index in [0.29, 0.717) is 17.4 Å². The zero-order chi connectivity index (χ0) is 14.3. The van der Waals surface area contributed by atoms with Gasteiger partial charge in [-0.2, -0.15) is 11.8 Å². The Bertz CT molecular complexity index is 401. The quantitative estimate of drug-likeness (QED) is 0.806. The Morgan fingerprint density at radius 2 is 2.21 bits per heavy atom. The number of amides is 1. The molecule has 0 fully saturated rings. The summed E-state index contributed by atoms with van der Waals surface area (Å²) in [6.07, 6.45) is 3.89. The van der Waals surface area contributed by atoms with Crippen molar-refractivity contribution in [3.8, 4) is 0 Å². The Labute approximate surface area is 119 Å². The smallest absolute Gasteiger partial charge is 0.251 e. The lowest BCUT2D eigenvalue weighted by Crippen LogP contribution is -2.26. The molecule has 1 unspecified atom stereocenters. The summed E-state index contributed by atoms with van der Waals surface area (Å²) in [5.74, 6) is 0.712. The summed E-state index contributed by atoms with van der Waals surface area (Å²) in [4.78, 5) is 16.5. The van der Waals surface area contributed by atoms with E-state index in [-0.39, 0.29) is 5.91 Å². The summed E-state index contributed by atoms with van der Waals surface area (Å²) in [7, 11) is 1.81. The molecule has 0 aliphatic carbocycles. The van der Waals surface area contributed by atoms with Gasteiger partial charge in [-0.3, -0.25) is 4.79 Å². The molecule has 0 aromatic carbocycles. The minimum Gasteiger partial charge on any atom is -0.373 e. The standard InChI is InChI=1S/C14H23N3OS/c1-5-12-8-11(9-13(15-3)17-12)14(18)16-7-6-10(2)19-4/h8-10H,5-7H2,1-4H3,(H,15,17)(H,16,18). The third-order valence-corrected chi connectivity index (χ3v) is 4.04. The number of carbonyl (C=O) groups is 1. The van der Waals surface area contributed by atoms with Gasteiger partial charge in [0.25, 0.3) is 5.91 Å². The van der Waals surface area contributed by atoms with Crippen molar-refractivity contribution >= 4 is 23.5 Å². The molecule has 5 heteroatoms. The molecule has 1 rings (SSSR count). The van der Waals surface area contributed by atoms with Crippen LogP contribution >= 0.6 is 11.8 Å². The fraction of sp³-hybridized carbons (Fsp3) is 0.571. The summed E-state index contributed by atoms with van der Waals surface area (Å²) in [6.45, 7) is 4.90. The van der Waals surface area contributed by atoms with Gasteiger partial charge in [-0.05, 0) is 31.2 Å². The van der Waals surface area contributed by atoms with Crippen LogP contribution in [0.2, 0.25) is 0 Å². The molecule has 106 valence electrons. The van der Waals surface area contributed by atoms with Gasteiger partial charge in [0, 0.05) is 30.1 Å². The van der Waals surface area contributed by atoms with E-state index in [1.165, 1.54) is 0 Å². The van der Waals surface area contributed by atoms with E-state index in [9.17, 15) is 4.79 Å². The number of anilines is 1. The molecule has 4 nitrogen and oxygen atoms in total. The molecule has 0 saturated heterocycles. The van der Waals surface area contributed by atoms with Crippen molar-refractivity contribution in [2.45, 2.75) is 31.9 Å². The average Bonchev–Trinajstić information content (AvgIpc) is 2.46. The first kappa shape index (κ1) is 15.8. The Morgan fingerprint density at radius 3 is 2.79 bits per heavy atom. The SMILES string of the molecule is CCc1cc(C(=O)NCCC(C)SC)cc(NC)n1. The molecule has 0 bridgehead atoms. The lowest BCUT2D eigenvalue weighted by atomic mass is 10.1. The van der Waals surface area contributed by atoms with Crippen LogP contribution < -0.4 is 10.6 Å². The third kappa shape index (κ3) is 5.11. The van der Waals surface area contributed by atoms with Crippen molar-refractivity contribution < 1.29 is 4.79 Å². The highest BCUT2D eigenvalue weighted by Crippen LogP contribution is 2.11. The fourth-order valence-corrected chi connectivity index (χ4v) is 1.99. The zero-order valence-electron chi connectivity index (χ0n) is 12.1. The first-order chi connectivity index (χ1) is 9.10. The number of nitrogens with one attached hydrogen (secondary N) is 2. The van der Waals surface area contributed by atoms with Crippen LogP contribution in [0, 0.1) is 0 Å². The molecular weight excluding hydrogens is 258 g/mol. The highest BCUT2D eigenvalue weighted by atomic mass is 32.2. The topological polar surface area (TPSA) is 54.0 Å². The third-order valence-electron chi connectivity index (χ3n) is 3.00. The zero-order valence-corrected chi connectivity index (χ0v) is 12.9. The molecule has 1 heterocycles. The van der Waals surface area contributed by atoms with E-state index in [1.54, 1.807) is 6.07 Å². The van der Waals surface area contributed by atoms with Crippen LogP contribution in [0.15, 0.2) is 12.1 Å². The maximum atomic E-state index is 12.1. The molecule has 1 aromatic rings. The average molecular weight is 281 g/mol. The van der Waals surface area contributed by atoms with Gasteiger partial charge in [-0.15, -0.1) is 0 Å². The van der Waals surface area contributed by atoms with Crippen LogP contribution in [0.1, 0.15) is 36.3 Å². The van der Waals surface area contributed by atoms with E-state index in [1.807, 2.05) is 31.8 Å². The predicted molar refractivity (Wildman–Crippen MR) is 83.1 cm³/mol. The number of hydrogen-bond donors (Lipinski definition) is 2. The van der Waals surface area contributed by atoms with Gasteiger partial charge in [-0.25, -0.2) is 4.98 Å². The van der Waals surface area contributed by atoms with Crippen LogP contribution in [0.25, 0.3) is 0 Å². The van der Waals surface area contributed by atoms with E-state index in [2.05, 4.69) is 28.8 Å².